The topological polar surface area (TPSA) is 27.7 Å². The molecular weight excluding hydrogens is 304 g/mol. The molecule has 0 saturated heterocycles. The first-order chi connectivity index (χ1) is 11.7. The monoisotopic (exact) mass is 329 g/mol. The van der Waals surface area contributed by atoms with Crippen LogP contribution in [0.1, 0.15) is 43.0 Å². The van der Waals surface area contributed by atoms with E-state index in [2.05, 4.69) is 76.6 Å². The molecule has 3 rings (SSSR count). The van der Waals surface area contributed by atoms with Gasteiger partial charge >= 0.3 is 0 Å². The van der Waals surface area contributed by atoms with E-state index in [0.29, 0.717) is 5.56 Å². The summed E-state index contributed by atoms with van der Waals surface area (Å²) in [6.45, 7) is 11.1. The normalized spacial score (nSPS) is 11.6. The predicted octanol–water partition coefficient (Wildman–Crippen LogP) is 5.12. The van der Waals surface area contributed by atoms with Crippen molar-refractivity contribution in [3.63, 3.8) is 0 Å². The molecule has 126 valence electrons. The number of nitrogens with zero attached hydrogens (tertiary/aromatic N) is 2. The quantitative estimate of drug-likeness (QED) is 0.570. The van der Waals surface area contributed by atoms with Crippen LogP contribution in [0.4, 0.5) is 0 Å². The van der Waals surface area contributed by atoms with E-state index in [0.717, 1.165) is 10.9 Å². The van der Waals surface area contributed by atoms with Crippen molar-refractivity contribution in [1.82, 2.24) is 0 Å². The van der Waals surface area contributed by atoms with E-state index in [1.54, 1.807) is 0 Å². The van der Waals surface area contributed by atoms with E-state index in [-0.39, 0.29) is 5.41 Å². The van der Waals surface area contributed by atoms with Crippen LogP contribution >= 0.6 is 0 Å². The second-order valence-electron chi connectivity index (χ2n) is 7.88. The Hall–Kier alpha value is -2.66. The van der Waals surface area contributed by atoms with E-state index in [4.69, 9.17) is 5.26 Å². The summed E-state index contributed by atoms with van der Waals surface area (Å²) in [7, 11) is 2.10. The zero-order valence-electron chi connectivity index (χ0n) is 15.9. The Morgan fingerprint density at radius 3 is 2.32 bits per heavy atom. The third kappa shape index (κ3) is 3.03. The van der Waals surface area contributed by atoms with Crippen molar-refractivity contribution in [2.75, 3.05) is 0 Å². The first kappa shape index (κ1) is 17.2. The highest BCUT2D eigenvalue weighted by atomic mass is 14.9. The molecule has 0 unspecified atom stereocenters. The summed E-state index contributed by atoms with van der Waals surface area (Å²) < 4.78 is 2.23. The molecular formula is C23H25N2+. The molecule has 25 heavy (non-hydrogen) atoms. The van der Waals surface area contributed by atoms with Gasteiger partial charge in [-0.15, -0.1) is 0 Å². The van der Waals surface area contributed by atoms with Gasteiger partial charge in [0.2, 0.25) is 11.2 Å². The Balaban J connectivity index is 2.28. The Morgan fingerprint density at radius 1 is 0.960 bits per heavy atom. The van der Waals surface area contributed by atoms with E-state index < -0.39 is 0 Å². The molecule has 0 aliphatic carbocycles. The zero-order chi connectivity index (χ0) is 18.4. The van der Waals surface area contributed by atoms with E-state index in [9.17, 15) is 0 Å². The summed E-state index contributed by atoms with van der Waals surface area (Å²) in [5.74, 6) is 0. The first-order valence-electron chi connectivity index (χ1n) is 8.67. The van der Waals surface area contributed by atoms with Crippen LogP contribution in [0.15, 0.2) is 42.5 Å². The number of hydrogen-bond acceptors (Lipinski definition) is 1. The maximum absolute atomic E-state index is 9.12. The van der Waals surface area contributed by atoms with Gasteiger partial charge in [-0.1, -0.05) is 26.8 Å². The highest BCUT2D eigenvalue weighted by Gasteiger charge is 2.21. The average Bonchev–Trinajstić information content (AvgIpc) is 2.56. The number of aryl methyl sites for hydroxylation is 2. The molecule has 0 aliphatic heterocycles. The third-order valence-electron chi connectivity index (χ3n) is 5.11. The van der Waals surface area contributed by atoms with Gasteiger partial charge in [0.15, 0.2) is 0 Å². The Labute approximate surface area is 150 Å². The lowest BCUT2D eigenvalue weighted by Gasteiger charge is -2.22. The smallest absolute Gasteiger partial charge is 0.194 e. The van der Waals surface area contributed by atoms with Crippen molar-refractivity contribution in [1.29, 1.82) is 5.26 Å². The minimum Gasteiger partial charge on any atom is -0.194 e. The van der Waals surface area contributed by atoms with Crippen molar-refractivity contribution >= 4 is 10.9 Å². The highest BCUT2D eigenvalue weighted by Crippen LogP contribution is 2.31. The maximum atomic E-state index is 9.12. The van der Waals surface area contributed by atoms with Crippen LogP contribution in [0.2, 0.25) is 0 Å². The van der Waals surface area contributed by atoms with Crippen molar-refractivity contribution in [3.05, 3.63) is 64.7 Å². The summed E-state index contributed by atoms with van der Waals surface area (Å²) in [5.41, 5.74) is 8.41. The summed E-state index contributed by atoms with van der Waals surface area (Å²) in [6.07, 6.45) is 0. The largest absolute Gasteiger partial charge is 0.213 e. The number of nitriles is 1. The van der Waals surface area contributed by atoms with Gasteiger partial charge in [-0.3, -0.25) is 0 Å². The van der Waals surface area contributed by atoms with E-state index in [1.807, 2.05) is 18.2 Å². The standard InChI is InChI=1S/C23H25N2/c1-15-11-19(23(3,4)5)13-20(16(15)2)22-10-8-18-12-17(14-24)7-9-21(18)25(22)6/h7-13H,1-6H3/q+1. The molecule has 0 bridgehead atoms. The molecule has 0 radical (unpaired) electrons. The van der Waals surface area contributed by atoms with Crippen LogP contribution in [-0.2, 0) is 12.5 Å². The number of pyridine rings is 1. The van der Waals surface area contributed by atoms with Gasteiger partial charge in [0.05, 0.1) is 11.6 Å². The molecule has 0 fully saturated rings. The lowest BCUT2D eigenvalue weighted by atomic mass is 9.83. The molecule has 1 heterocycles. The zero-order valence-corrected chi connectivity index (χ0v) is 15.9. The molecule has 0 saturated carbocycles. The molecule has 3 aromatic rings. The number of hydrogen-bond donors (Lipinski definition) is 0. The van der Waals surface area contributed by atoms with Crippen LogP contribution in [0, 0.1) is 25.2 Å². The molecule has 2 aromatic carbocycles. The van der Waals surface area contributed by atoms with Gasteiger partial charge < -0.3 is 0 Å². The second kappa shape index (κ2) is 6.01. The maximum Gasteiger partial charge on any atom is 0.213 e. The van der Waals surface area contributed by atoms with Crippen LogP contribution in [-0.4, -0.2) is 0 Å². The van der Waals surface area contributed by atoms with Gasteiger partial charge in [-0.2, -0.15) is 9.83 Å². The lowest BCUT2D eigenvalue weighted by molar-refractivity contribution is -0.633. The lowest BCUT2D eigenvalue weighted by Crippen LogP contribution is -2.32. The number of benzene rings is 2. The van der Waals surface area contributed by atoms with Gasteiger partial charge in [0.1, 0.15) is 7.05 Å². The fourth-order valence-electron chi connectivity index (χ4n) is 3.30. The minimum absolute atomic E-state index is 0.115. The molecule has 2 nitrogen and oxygen atoms in total. The van der Waals surface area contributed by atoms with Gasteiger partial charge in [-0.05, 0) is 60.2 Å². The average molecular weight is 329 g/mol. The fraction of sp³-hybridized carbons (Fsp3) is 0.304. The Kier molecular flexibility index (Phi) is 4.13. The van der Waals surface area contributed by atoms with Crippen LogP contribution in [0.5, 0.6) is 0 Å². The summed E-state index contributed by atoms with van der Waals surface area (Å²) in [4.78, 5) is 0. The molecule has 0 spiro atoms. The third-order valence-corrected chi connectivity index (χ3v) is 5.11. The molecule has 0 atom stereocenters. The highest BCUT2D eigenvalue weighted by molar-refractivity contribution is 5.79. The number of rotatable bonds is 1. The Bertz CT molecular complexity index is 1010. The van der Waals surface area contributed by atoms with Gasteiger partial charge in [-0.25, -0.2) is 0 Å². The molecule has 0 N–H and O–H groups in total. The van der Waals surface area contributed by atoms with Crippen LogP contribution < -0.4 is 4.57 Å². The Morgan fingerprint density at radius 2 is 1.68 bits per heavy atom. The van der Waals surface area contributed by atoms with Crippen LogP contribution in [0.25, 0.3) is 22.2 Å². The minimum atomic E-state index is 0.115. The van der Waals surface area contributed by atoms with E-state index in [1.165, 1.54) is 27.9 Å². The van der Waals surface area contributed by atoms with Crippen molar-refractivity contribution in [2.45, 2.75) is 40.0 Å². The second-order valence-corrected chi connectivity index (χ2v) is 7.88. The molecule has 0 amide bonds. The summed E-state index contributed by atoms with van der Waals surface area (Å²) in [6, 6.07) is 17.0. The summed E-state index contributed by atoms with van der Waals surface area (Å²) in [5, 5.41) is 10.2. The predicted molar refractivity (Wildman–Crippen MR) is 103 cm³/mol. The SMILES string of the molecule is Cc1cc(C(C)(C)C)cc(-c2ccc3cc(C#N)ccc3[n+]2C)c1C. The molecule has 1 aromatic heterocycles. The van der Waals surface area contributed by atoms with Gasteiger partial charge in [0.25, 0.3) is 0 Å². The van der Waals surface area contributed by atoms with Crippen LogP contribution in [0.3, 0.4) is 0 Å². The van der Waals surface area contributed by atoms with Crippen molar-refractivity contribution in [2.24, 2.45) is 7.05 Å². The van der Waals surface area contributed by atoms with Crippen molar-refractivity contribution < 1.29 is 4.57 Å². The van der Waals surface area contributed by atoms with Crippen molar-refractivity contribution in [3.8, 4) is 17.3 Å². The number of fused-ring (bicyclic) bond motifs is 1. The summed E-state index contributed by atoms with van der Waals surface area (Å²) >= 11 is 0. The van der Waals surface area contributed by atoms with Gasteiger partial charge in [0, 0.05) is 23.1 Å². The first-order valence-corrected chi connectivity index (χ1v) is 8.67. The molecule has 0 aliphatic rings. The van der Waals surface area contributed by atoms with E-state index >= 15 is 0 Å². The molecule has 2 heteroatoms. The fourth-order valence-corrected chi connectivity index (χ4v) is 3.30. The number of aromatic nitrogens is 1.